The maximum Gasteiger partial charge on any atom is 0.131 e. The van der Waals surface area contributed by atoms with Crippen LogP contribution in [0.5, 0.6) is 0 Å². The topological polar surface area (TPSA) is 38.5 Å². The molecular formula is C11H15NO. The molecular weight excluding hydrogens is 162 g/mol. The van der Waals surface area contributed by atoms with E-state index in [4.69, 9.17) is 10.5 Å². The first kappa shape index (κ1) is 8.73. The molecule has 0 aliphatic carbocycles. The summed E-state index contributed by atoms with van der Waals surface area (Å²) in [5, 5.41) is 0. The van der Waals surface area contributed by atoms with Gasteiger partial charge in [0.15, 0.2) is 0 Å². The molecule has 2 N–H and O–H groups in total. The molecule has 2 rings (SSSR count). The van der Waals surface area contributed by atoms with Crippen LogP contribution in [0, 0.1) is 6.92 Å². The van der Waals surface area contributed by atoms with E-state index >= 15 is 0 Å². The fourth-order valence-corrected chi connectivity index (χ4v) is 1.79. The molecule has 0 amide bonds. The lowest BCUT2D eigenvalue weighted by Crippen LogP contribution is -2.33. The van der Waals surface area contributed by atoms with Crippen molar-refractivity contribution in [2.24, 2.45) is 5.73 Å². The van der Waals surface area contributed by atoms with Crippen molar-refractivity contribution in [2.75, 3.05) is 6.61 Å². The van der Waals surface area contributed by atoms with Crippen LogP contribution in [0.25, 0.3) is 0 Å². The highest BCUT2D eigenvalue weighted by Gasteiger charge is 2.50. The van der Waals surface area contributed by atoms with Crippen LogP contribution >= 0.6 is 0 Å². The SMILES string of the molecule is Cc1ccccc1C1(C(C)N)CO1. The highest BCUT2D eigenvalue weighted by Crippen LogP contribution is 2.42. The lowest BCUT2D eigenvalue weighted by molar-refractivity contribution is 0.273. The molecule has 1 fully saturated rings. The quantitative estimate of drug-likeness (QED) is 0.696. The third-order valence-electron chi connectivity index (χ3n) is 2.79. The molecule has 1 aliphatic rings. The largest absolute Gasteiger partial charge is 0.363 e. The lowest BCUT2D eigenvalue weighted by Gasteiger charge is -2.18. The third-order valence-corrected chi connectivity index (χ3v) is 2.79. The first-order chi connectivity index (χ1) is 6.17. The Morgan fingerprint density at radius 2 is 2.08 bits per heavy atom. The lowest BCUT2D eigenvalue weighted by atomic mass is 9.90. The van der Waals surface area contributed by atoms with Crippen LogP contribution in [0.3, 0.4) is 0 Å². The number of aryl methyl sites for hydroxylation is 1. The Morgan fingerprint density at radius 3 is 2.54 bits per heavy atom. The summed E-state index contributed by atoms with van der Waals surface area (Å²) in [5.74, 6) is 0. The van der Waals surface area contributed by atoms with Crippen LogP contribution in [-0.2, 0) is 10.3 Å². The molecule has 1 saturated heterocycles. The zero-order valence-electron chi connectivity index (χ0n) is 8.08. The summed E-state index contributed by atoms with van der Waals surface area (Å²) < 4.78 is 5.50. The van der Waals surface area contributed by atoms with Gasteiger partial charge in [-0.15, -0.1) is 0 Å². The van der Waals surface area contributed by atoms with E-state index in [-0.39, 0.29) is 11.6 Å². The molecule has 1 heterocycles. The number of rotatable bonds is 2. The molecule has 1 aromatic rings. The fourth-order valence-electron chi connectivity index (χ4n) is 1.79. The van der Waals surface area contributed by atoms with Gasteiger partial charge in [-0.3, -0.25) is 0 Å². The number of epoxide rings is 1. The van der Waals surface area contributed by atoms with Gasteiger partial charge in [0.05, 0.1) is 6.61 Å². The number of hydrogen-bond donors (Lipinski definition) is 1. The predicted molar refractivity (Wildman–Crippen MR) is 52.5 cm³/mol. The van der Waals surface area contributed by atoms with Gasteiger partial charge in [-0.2, -0.15) is 0 Å². The van der Waals surface area contributed by atoms with E-state index in [0.29, 0.717) is 0 Å². The van der Waals surface area contributed by atoms with E-state index in [1.165, 1.54) is 11.1 Å². The molecule has 1 aliphatic heterocycles. The summed E-state index contributed by atoms with van der Waals surface area (Å²) in [4.78, 5) is 0. The van der Waals surface area contributed by atoms with Crippen molar-refractivity contribution in [1.29, 1.82) is 0 Å². The third kappa shape index (κ3) is 1.26. The highest BCUT2D eigenvalue weighted by molar-refractivity contribution is 5.35. The number of benzene rings is 1. The molecule has 1 aromatic carbocycles. The molecule has 70 valence electrons. The average molecular weight is 177 g/mol. The minimum Gasteiger partial charge on any atom is -0.363 e. The predicted octanol–water partition coefficient (Wildman–Crippen LogP) is 1.57. The number of nitrogens with two attached hydrogens (primary N) is 1. The number of ether oxygens (including phenoxy) is 1. The first-order valence-corrected chi connectivity index (χ1v) is 4.62. The average Bonchev–Trinajstić information content (AvgIpc) is 2.85. The van der Waals surface area contributed by atoms with Crippen LogP contribution in [0.1, 0.15) is 18.1 Å². The Bertz CT molecular complexity index is 316. The van der Waals surface area contributed by atoms with Gasteiger partial charge in [-0.05, 0) is 25.0 Å². The van der Waals surface area contributed by atoms with Crippen molar-refractivity contribution in [3.05, 3.63) is 35.4 Å². The summed E-state index contributed by atoms with van der Waals surface area (Å²) in [6.07, 6.45) is 0. The smallest absolute Gasteiger partial charge is 0.131 e. The van der Waals surface area contributed by atoms with Crippen molar-refractivity contribution in [2.45, 2.75) is 25.5 Å². The Labute approximate surface area is 78.7 Å². The van der Waals surface area contributed by atoms with Crippen LogP contribution in [0.2, 0.25) is 0 Å². The molecule has 0 aromatic heterocycles. The molecule has 0 bridgehead atoms. The molecule has 2 atom stereocenters. The van der Waals surface area contributed by atoms with Crippen molar-refractivity contribution in [3.63, 3.8) is 0 Å². The molecule has 2 unspecified atom stereocenters. The Balaban J connectivity index is 2.41. The maximum atomic E-state index is 5.91. The van der Waals surface area contributed by atoms with E-state index in [1.54, 1.807) is 0 Å². The van der Waals surface area contributed by atoms with E-state index in [1.807, 2.05) is 19.1 Å². The fraction of sp³-hybridized carbons (Fsp3) is 0.455. The molecule has 2 nitrogen and oxygen atoms in total. The van der Waals surface area contributed by atoms with Gasteiger partial charge in [0.2, 0.25) is 0 Å². The summed E-state index contributed by atoms with van der Waals surface area (Å²) in [7, 11) is 0. The molecule has 13 heavy (non-hydrogen) atoms. The number of hydrogen-bond acceptors (Lipinski definition) is 2. The zero-order chi connectivity index (χ0) is 9.47. The van der Waals surface area contributed by atoms with Crippen LogP contribution in [0.4, 0.5) is 0 Å². The van der Waals surface area contributed by atoms with E-state index in [9.17, 15) is 0 Å². The van der Waals surface area contributed by atoms with Crippen molar-refractivity contribution in [3.8, 4) is 0 Å². The Kier molecular flexibility index (Phi) is 1.90. The van der Waals surface area contributed by atoms with Gasteiger partial charge in [-0.25, -0.2) is 0 Å². The van der Waals surface area contributed by atoms with Gasteiger partial charge in [-0.1, -0.05) is 24.3 Å². The van der Waals surface area contributed by atoms with Gasteiger partial charge < -0.3 is 10.5 Å². The van der Waals surface area contributed by atoms with Gasteiger partial charge in [0.1, 0.15) is 5.60 Å². The van der Waals surface area contributed by atoms with E-state index in [0.717, 1.165) is 6.61 Å². The van der Waals surface area contributed by atoms with Gasteiger partial charge in [0.25, 0.3) is 0 Å². The summed E-state index contributed by atoms with van der Waals surface area (Å²) in [6.45, 7) is 4.86. The summed E-state index contributed by atoms with van der Waals surface area (Å²) in [5.41, 5.74) is 8.22. The van der Waals surface area contributed by atoms with E-state index in [2.05, 4.69) is 19.1 Å². The van der Waals surface area contributed by atoms with Gasteiger partial charge >= 0.3 is 0 Å². The minimum atomic E-state index is -0.189. The summed E-state index contributed by atoms with van der Waals surface area (Å²) >= 11 is 0. The summed E-state index contributed by atoms with van der Waals surface area (Å²) in [6, 6.07) is 8.34. The first-order valence-electron chi connectivity index (χ1n) is 4.62. The second kappa shape index (κ2) is 2.82. The normalized spacial score (nSPS) is 28.5. The monoisotopic (exact) mass is 177 g/mol. The molecule has 2 heteroatoms. The highest BCUT2D eigenvalue weighted by atomic mass is 16.6. The maximum absolute atomic E-state index is 5.91. The molecule has 0 radical (unpaired) electrons. The second-order valence-corrected chi connectivity index (χ2v) is 3.78. The van der Waals surface area contributed by atoms with Crippen LogP contribution < -0.4 is 5.73 Å². The molecule has 0 saturated carbocycles. The van der Waals surface area contributed by atoms with Crippen molar-refractivity contribution >= 4 is 0 Å². The second-order valence-electron chi connectivity index (χ2n) is 3.78. The molecule has 0 spiro atoms. The van der Waals surface area contributed by atoms with Crippen LogP contribution in [0.15, 0.2) is 24.3 Å². The van der Waals surface area contributed by atoms with Crippen molar-refractivity contribution < 1.29 is 4.74 Å². The Hall–Kier alpha value is -0.860. The minimum absolute atomic E-state index is 0.0635. The van der Waals surface area contributed by atoms with Crippen molar-refractivity contribution in [1.82, 2.24) is 0 Å². The van der Waals surface area contributed by atoms with E-state index < -0.39 is 0 Å². The van der Waals surface area contributed by atoms with Crippen LogP contribution in [-0.4, -0.2) is 12.6 Å². The zero-order valence-corrected chi connectivity index (χ0v) is 8.08. The Morgan fingerprint density at radius 1 is 1.46 bits per heavy atom. The van der Waals surface area contributed by atoms with Gasteiger partial charge in [0, 0.05) is 6.04 Å². The standard InChI is InChI=1S/C11H15NO/c1-8-5-3-4-6-10(8)11(7-13-11)9(2)12/h3-6,9H,7,12H2,1-2H3.